The van der Waals surface area contributed by atoms with Crippen LogP contribution >= 0.6 is 24.0 Å². The van der Waals surface area contributed by atoms with Crippen LogP contribution in [0.15, 0.2) is 49.1 Å². The highest BCUT2D eigenvalue weighted by atomic mass is 35.5. The Morgan fingerprint density at radius 1 is 1.11 bits per heavy atom. The van der Waals surface area contributed by atoms with Crippen LogP contribution < -0.4 is 5.32 Å². The van der Waals surface area contributed by atoms with Crippen molar-refractivity contribution in [3.05, 3.63) is 54.1 Å². The van der Waals surface area contributed by atoms with Gasteiger partial charge in [-0.3, -0.25) is 4.98 Å². The molecule has 0 fully saturated rings. The lowest BCUT2D eigenvalue weighted by Gasteiger charge is -2.07. The minimum absolute atomic E-state index is 0. The largest absolute Gasteiger partial charge is 0.340 e. The molecule has 1 aromatic carbocycles. The molecule has 0 atom stereocenters. The number of rotatable bonds is 2. The van der Waals surface area contributed by atoms with E-state index in [9.17, 15) is 0 Å². The van der Waals surface area contributed by atoms with Crippen LogP contribution in [0.3, 0.4) is 0 Å². The molecule has 19 heavy (non-hydrogen) atoms. The first-order valence-electron chi connectivity index (χ1n) is 5.40. The SMILES string of the molecule is Cl.Clc1cccc(Nc2ncnc3ccncc23)c1. The lowest BCUT2D eigenvalue weighted by molar-refractivity contribution is 1.20. The quantitative estimate of drug-likeness (QED) is 0.780. The third-order valence-electron chi connectivity index (χ3n) is 2.52. The van der Waals surface area contributed by atoms with Crippen molar-refractivity contribution >= 4 is 46.4 Å². The maximum absolute atomic E-state index is 5.94. The van der Waals surface area contributed by atoms with Gasteiger partial charge in [-0.15, -0.1) is 12.4 Å². The molecule has 0 aliphatic rings. The fraction of sp³-hybridized carbons (Fsp3) is 0. The van der Waals surface area contributed by atoms with Gasteiger partial charge in [0.25, 0.3) is 0 Å². The van der Waals surface area contributed by atoms with Crippen LogP contribution in [0.4, 0.5) is 11.5 Å². The van der Waals surface area contributed by atoms with E-state index < -0.39 is 0 Å². The van der Waals surface area contributed by atoms with E-state index in [2.05, 4.69) is 20.3 Å². The van der Waals surface area contributed by atoms with Gasteiger partial charge in [0.2, 0.25) is 0 Å². The minimum Gasteiger partial charge on any atom is -0.340 e. The maximum Gasteiger partial charge on any atom is 0.143 e. The summed E-state index contributed by atoms with van der Waals surface area (Å²) in [4.78, 5) is 12.5. The summed E-state index contributed by atoms with van der Waals surface area (Å²) in [6.07, 6.45) is 4.97. The Bertz CT molecular complexity index is 698. The predicted molar refractivity (Wildman–Crippen MR) is 79.3 cm³/mol. The van der Waals surface area contributed by atoms with E-state index in [1.165, 1.54) is 6.33 Å². The molecule has 0 saturated heterocycles. The Labute approximate surface area is 121 Å². The maximum atomic E-state index is 5.94. The summed E-state index contributed by atoms with van der Waals surface area (Å²) in [5.41, 5.74) is 1.73. The lowest BCUT2D eigenvalue weighted by Crippen LogP contribution is -1.96. The van der Waals surface area contributed by atoms with Crippen molar-refractivity contribution in [1.82, 2.24) is 15.0 Å². The van der Waals surface area contributed by atoms with E-state index in [0.717, 1.165) is 22.4 Å². The zero-order valence-corrected chi connectivity index (χ0v) is 11.3. The first-order chi connectivity index (χ1) is 8.83. The molecule has 0 saturated carbocycles. The molecule has 96 valence electrons. The summed E-state index contributed by atoms with van der Waals surface area (Å²) in [6.45, 7) is 0. The Morgan fingerprint density at radius 3 is 2.84 bits per heavy atom. The standard InChI is InChI=1S/C13H9ClN4.ClH/c14-9-2-1-3-10(6-9)18-13-11-7-15-5-4-12(11)16-8-17-13;/h1-8H,(H,16,17,18);1H. The van der Waals surface area contributed by atoms with Gasteiger partial charge in [-0.2, -0.15) is 0 Å². The number of pyridine rings is 1. The van der Waals surface area contributed by atoms with E-state index >= 15 is 0 Å². The number of aromatic nitrogens is 3. The molecule has 0 amide bonds. The second-order valence-corrected chi connectivity index (χ2v) is 4.19. The van der Waals surface area contributed by atoms with Crippen molar-refractivity contribution < 1.29 is 0 Å². The highest BCUT2D eigenvalue weighted by Crippen LogP contribution is 2.23. The molecule has 2 heterocycles. The van der Waals surface area contributed by atoms with Crippen LogP contribution in [0.5, 0.6) is 0 Å². The van der Waals surface area contributed by atoms with Crippen molar-refractivity contribution in [2.45, 2.75) is 0 Å². The zero-order valence-electron chi connectivity index (χ0n) is 9.75. The number of fused-ring (bicyclic) bond motifs is 1. The normalized spacial score (nSPS) is 9.95. The van der Waals surface area contributed by atoms with E-state index in [0.29, 0.717) is 5.02 Å². The second kappa shape index (κ2) is 5.82. The van der Waals surface area contributed by atoms with Crippen LogP contribution in [-0.4, -0.2) is 15.0 Å². The molecule has 6 heteroatoms. The van der Waals surface area contributed by atoms with Gasteiger partial charge < -0.3 is 5.32 Å². The van der Waals surface area contributed by atoms with Crippen LogP contribution in [-0.2, 0) is 0 Å². The van der Waals surface area contributed by atoms with Gasteiger partial charge in [-0.05, 0) is 24.3 Å². The topological polar surface area (TPSA) is 50.7 Å². The van der Waals surface area contributed by atoms with E-state index in [-0.39, 0.29) is 12.4 Å². The fourth-order valence-electron chi connectivity index (χ4n) is 1.70. The molecule has 2 aromatic heterocycles. The van der Waals surface area contributed by atoms with Crippen LogP contribution in [0.25, 0.3) is 10.9 Å². The summed E-state index contributed by atoms with van der Waals surface area (Å²) in [6, 6.07) is 9.32. The molecule has 0 aliphatic heterocycles. The predicted octanol–water partition coefficient (Wildman–Crippen LogP) is 3.84. The third kappa shape index (κ3) is 2.92. The molecule has 0 spiro atoms. The number of nitrogens with zero attached hydrogens (tertiary/aromatic N) is 3. The van der Waals surface area contributed by atoms with Gasteiger partial charge in [-0.25, -0.2) is 9.97 Å². The number of hydrogen-bond acceptors (Lipinski definition) is 4. The Balaban J connectivity index is 0.00000133. The molecular weight excluding hydrogens is 283 g/mol. The Kier molecular flexibility index (Phi) is 4.14. The average Bonchev–Trinajstić information content (AvgIpc) is 2.39. The lowest BCUT2D eigenvalue weighted by atomic mass is 10.2. The zero-order chi connectivity index (χ0) is 12.4. The van der Waals surface area contributed by atoms with Crippen molar-refractivity contribution in [3.63, 3.8) is 0 Å². The van der Waals surface area contributed by atoms with Crippen molar-refractivity contribution in [1.29, 1.82) is 0 Å². The van der Waals surface area contributed by atoms with E-state index in [1.807, 2.05) is 30.3 Å². The van der Waals surface area contributed by atoms with Crippen molar-refractivity contribution in [2.75, 3.05) is 5.32 Å². The van der Waals surface area contributed by atoms with E-state index in [1.54, 1.807) is 12.4 Å². The number of benzene rings is 1. The molecular formula is C13H10Cl2N4. The molecule has 0 radical (unpaired) electrons. The molecule has 3 rings (SSSR count). The summed E-state index contributed by atoms with van der Waals surface area (Å²) >= 11 is 5.94. The van der Waals surface area contributed by atoms with E-state index in [4.69, 9.17) is 11.6 Å². The number of hydrogen-bond donors (Lipinski definition) is 1. The average molecular weight is 293 g/mol. The fourth-order valence-corrected chi connectivity index (χ4v) is 1.89. The van der Waals surface area contributed by atoms with Crippen molar-refractivity contribution in [2.24, 2.45) is 0 Å². The second-order valence-electron chi connectivity index (χ2n) is 3.75. The van der Waals surface area contributed by atoms with Gasteiger partial charge in [0.1, 0.15) is 12.1 Å². The number of halogens is 2. The minimum atomic E-state index is 0. The number of nitrogens with one attached hydrogen (secondary N) is 1. The summed E-state index contributed by atoms with van der Waals surface area (Å²) in [5, 5.41) is 4.76. The van der Waals surface area contributed by atoms with Crippen LogP contribution in [0, 0.1) is 0 Å². The van der Waals surface area contributed by atoms with Crippen molar-refractivity contribution in [3.8, 4) is 0 Å². The van der Waals surface area contributed by atoms with Crippen LogP contribution in [0.1, 0.15) is 0 Å². The smallest absolute Gasteiger partial charge is 0.143 e. The van der Waals surface area contributed by atoms with Gasteiger partial charge in [0.05, 0.1) is 10.9 Å². The third-order valence-corrected chi connectivity index (χ3v) is 2.76. The highest BCUT2D eigenvalue weighted by Gasteiger charge is 2.03. The molecule has 0 unspecified atom stereocenters. The van der Waals surface area contributed by atoms with Gasteiger partial charge in [0.15, 0.2) is 0 Å². The molecule has 1 N–H and O–H groups in total. The van der Waals surface area contributed by atoms with Gasteiger partial charge >= 0.3 is 0 Å². The summed E-state index contributed by atoms with van der Waals surface area (Å²) in [7, 11) is 0. The first-order valence-corrected chi connectivity index (χ1v) is 5.78. The Hall–Kier alpha value is -1.91. The Morgan fingerprint density at radius 2 is 2.00 bits per heavy atom. The monoisotopic (exact) mass is 292 g/mol. The van der Waals surface area contributed by atoms with Gasteiger partial charge in [0, 0.05) is 23.1 Å². The van der Waals surface area contributed by atoms with Crippen LogP contribution in [0.2, 0.25) is 5.02 Å². The summed E-state index contributed by atoms with van der Waals surface area (Å²) < 4.78 is 0. The highest BCUT2D eigenvalue weighted by molar-refractivity contribution is 6.30. The molecule has 0 bridgehead atoms. The first kappa shape index (κ1) is 13.5. The molecule has 0 aliphatic carbocycles. The summed E-state index contributed by atoms with van der Waals surface area (Å²) in [5.74, 6) is 0.718. The molecule has 3 aromatic rings. The van der Waals surface area contributed by atoms with Gasteiger partial charge in [-0.1, -0.05) is 17.7 Å². The molecule has 4 nitrogen and oxygen atoms in total. The number of anilines is 2.